The van der Waals surface area contributed by atoms with Gasteiger partial charge in [0.1, 0.15) is 0 Å². The molecule has 0 atom stereocenters. The number of rotatable bonds is 3. The van der Waals surface area contributed by atoms with E-state index in [1.54, 1.807) is 0 Å². The number of H-pyrrole nitrogens is 1. The third-order valence-electron chi connectivity index (χ3n) is 2.75. The molecule has 0 bridgehead atoms. The van der Waals surface area contributed by atoms with Gasteiger partial charge >= 0.3 is 0 Å². The Balaban J connectivity index is 2.37. The van der Waals surface area contributed by atoms with Gasteiger partial charge in [-0.2, -0.15) is 0 Å². The highest BCUT2D eigenvalue weighted by Gasteiger charge is 2.05. The Morgan fingerprint density at radius 3 is 2.94 bits per heavy atom. The quantitative estimate of drug-likeness (QED) is 0.827. The molecule has 3 nitrogen and oxygen atoms in total. The second kappa shape index (κ2) is 4.61. The molecule has 2 aromatic rings. The van der Waals surface area contributed by atoms with E-state index in [-0.39, 0.29) is 0 Å². The van der Waals surface area contributed by atoms with Gasteiger partial charge in [-0.05, 0) is 37.2 Å². The molecular formula is C12H15N3S. The van der Waals surface area contributed by atoms with Crippen molar-refractivity contribution < 1.29 is 0 Å². The van der Waals surface area contributed by atoms with Crippen LogP contribution in [0.25, 0.3) is 0 Å². The lowest BCUT2D eigenvalue weighted by Gasteiger charge is -2.08. The number of pyridine rings is 1. The number of aromatic amines is 1. The van der Waals surface area contributed by atoms with Crippen molar-refractivity contribution in [3.8, 4) is 0 Å². The van der Waals surface area contributed by atoms with Crippen molar-refractivity contribution in [2.45, 2.75) is 26.8 Å². The van der Waals surface area contributed by atoms with E-state index >= 15 is 0 Å². The fourth-order valence-corrected chi connectivity index (χ4v) is 2.03. The molecule has 2 rings (SSSR count). The number of nitrogens with zero attached hydrogens (tertiary/aromatic N) is 2. The van der Waals surface area contributed by atoms with Crippen molar-refractivity contribution in [1.29, 1.82) is 0 Å². The van der Waals surface area contributed by atoms with Gasteiger partial charge < -0.3 is 9.55 Å². The van der Waals surface area contributed by atoms with Crippen molar-refractivity contribution in [3.63, 3.8) is 0 Å². The Morgan fingerprint density at radius 2 is 2.31 bits per heavy atom. The lowest BCUT2D eigenvalue weighted by Crippen LogP contribution is -2.06. The Morgan fingerprint density at radius 1 is 1.50 bits per heavy atom. The van der Waals surface area contributed by atoms with E-state index in [9.17, 15) is 0 Å². The second-order valence-corrected chi connectivity index (χ2v) is 4.17. The first-order valence-electron chi connectivity index (χ1n) is 5.40. The second-order valence-electron chi connectivity index (χ2n) is 3.78. The average molecular weight is 233 g/mol. The van der Waals surface area contributed by atoms with Gasteiger partial charge in [0.2, 0.25) is 0 Å². The molecule has 4 heteroatoms. The van der Waals surface area contributed by atoms with E-state index in [2.05, 4.69) is 27.5 Å². The SMILES string of the molecule is CCc1cccnc1Cn1c(C)c[nH]c1=S. The third kappa shape index (κ3) is 2.07. The molecule has 16 heavy (non-hydrogen) atoms. The molecule has 2 heterocycles. The number of hydrogen-bond acceptors (Lipinski definition) is 2. The molecular weight excluding hydrogens is 218 g/mol. The van der Waals surface area contributed by atoms with Gasteiger partial charge in [0.15, 0.2) is 4.77 Å². The predicted octanol–water partition coefficient (Wildman–Crippen LogP) is 2.86. The van der Waals surface area contributed by atoms with E-state index in [1.165, 1.54) is 5.56 Å². The lowest BCUT2D eigenvalue weighted by molar-refractivity contribution is 0.728. The number of aryl methyl sites for hydroxylation is 2. The van der Waals surface area contributed by atoms with Gasteiger partial charge in [-0.25, -0.2) is 0 Å². The van der Waals surface area contributed by atoms with Crippen molar-refractivity contribution in [1.82, 2.24) is 14.5 Å². The average Bonchev–Trinajstić information content (AvgIpc) is 2.61. The maximum absolute atomic E-state index is 5.23. The van der Waals surface area contributed by atoms with E-state index in [4.69, 9.17) is 12.2 Å². The van der Waals surface area contributed by atoms with Crippen LogP contribution < -0.4 is 0 Å². The first-order chi connectivity index (χ1) is 7.72. The number of imidazole rings is 1. The highest BCUT2D eigenvalue weighted by atomic mass is 32.1. The molecule has 0 aliphatic heterocycles. The molecule has 0 fully saturated rings. The lowest BCUT2D eigenvalue weighted by atomic mass is 10.1. The van der Waals surface area contributed by atoms with Crippen LogP contribution in [-0.2, 0) is 13.0 Å². The zero-order valence-corrected chi connectivity index (χ0v) is 10.3. The van der Waals surface area contributed by atoms with Crippen molar-refractivity contribution in [2.75, 3.05) is 0 Å². The molecule has 0 amide bonds. The number of nitrogens with one attached hydrogen (secondary N) is 1. The normalized spacial score (nSPS) is 10.6. The Hall–Kier alpha value is -1.42. The molecule has 0 saturated heterocycles. The van der Waals surface area contributed by atoms with Crippen molar-refractivity contribution in [2.24, 2.45) is 0 Å². The van der Waals surface area contributed by atoms with Crippen LogP contribution in [0.3, 0.4) is 0 Å². The fourth-order valence-electron chi connectivity index (χ4n) is 1.76. The maximum atomic E-state index is 5.23. The molecule has 84 valence electrons. The number of aromatic nitrogens is 3. The summed E-state index contributed by atoms with van der Waals surface area (Å²) in [5.74, 6) is 0. The smallest absolute Gasteiger partial charge is 0.177 e. The zero-order chi connectivity index (χ0) is 11.5. The summed E-state index contributed by atoms with van der Waals surface area (Å²) in [6.07, 6.45) is 4.76. The summed E-state index contributed by atoms with van der Waals surface area (Å²) in [7, 11) is 0. The van der Waals surface area contributed by atoms with Gasteiger partial charge in [-0.1, -0.05) is 13.0 Å². The van der Waals surface area contributed by atoms with Crippen molar-refractivity contribution >= 4 is 12.2 Å². The molecule has 2 aromatic heterocycles. The molecule has 0 aliphatic carbocycles. The summed E-state index contributed by atoms with van der Waals surface area (Å²) in [6.45, 7) is 4.93. The van der Waals surface area contributed by atoms with Gasteiger partial charge in [0.25, 0.3) is 0 Å². The first-order valence-corrected chi connectivity index (χ1v) is 5.80. The zero-order valence-electron chi connectivity index (χ0n) is 9.53. The van der Waals surface area contributed by atoms with E-state index in [1.807, 2.05) is 25.4 Å². The summed E-state index contributed by atoms with van der Waals surface area (Å²) in [5, 5.41) is 0. The van der Waals surface area contributed by atoms with Crippen LogP contribution in [0.2, 0.25) is 0 Å². The highest BCUT2D eigenvalue weighted by molar-refractivity contribution is 7.71. The summed E-state index contributed by atoms with van der Waals surface area (Å²) in [4.78, 5) is 7.47. The topological polar surface area (TPSA) is 33.6 Å². The summed E-state index contributed by atoms with van der Waals surface area (Å²) < 4.78 is 2.82. The predicted molar refractivity (Wildman–Crippen MR) is 67.1 cm³/mol. The van der Waals surface area contributed by atoms with Crippen LogP contribution in [0.5, 0.6) is 0 Å². The largest absolute Gasteiger partial charge is 0.337 e. The van der Waals surface area contributed by atoms with Crippen LogP contribution in [0.15, 0.2) is 24.5 Å². The van der Waals surface area contributed by atoms with Crippen LogP contribution in [0.4, 0.5) is 0 Å². The van der Waals surface area contributed by atoms with Gasteiger partial charge in [-0.3, -0.25) is 4.98 Å². The Bertz CT molecular complexity index is 539. The molecule has 0 saturated carbocycles. The summed E-state index contributed by atoms with van der Waals surface area (Å²) in [6, 6.07) is 4.10. The minimum Gasteiger partial charge on any atom is -0.337 e. The Labute approximate surface area is 100 Å². The van der Waals surface area contributed by atoms with Crippen LogP contribution in [0, 0.1) is 11.7 Å². The minimum absolute atomic E-state index is 0.748. The van der Waals surface area contributed by atoms with Gasteiger partial charge in [-0.15, -0.1) is 0 Å². The summed E-state index contributed by atoms with van der Waals surface area (Å²) in [5.41, 5.74) is 3.52. The first kappa shape index (κ1) is 11.1. The van der Waals surface area contributed by atoms with Crippen LogP contribution in [0.1, 0.15) is 23.9 Å². The standard InChI is InChI=1S/C12H15N3S/c1-3-10-5-4-6-13-11(10)8-15-9(2)7-14-12(15)16/h4-7H,3,8H2,1-2H3,(H,14,16). The molecule has 0 aromatic carbocycles. The monoisotopic (exact) mass is 233 g/mol. The van der Waals surface area contributed by atoms with Crippen LogP contribution in [-0.4, -0.2) is 14.5 Å². The van der Waals surface area contributed by atoms with Gasteiger partial charge in [0.05, 0.1) is 12.2 Å². The minimum atomic E-state index is 0.748. The van der Waals surface area contributed by atoms with E-state index in [0.717, 1.165) is 29.1 Å². The third-order valence-corrected chi connectivity index (χ3v) is 3.09. The van der Waals surface area contributed by atoms with E-state index < -0.39 is 0 Å². The maximum Gasteiger partial charge on any atom is 0.177 e. The molecule has 0 spiro atoms. The highest BCUT2D eigenvalue weighted by Crippen LogP contribution is 2.10. The Kier molecular flexibility index (Phi) is 3.19. The van der Waals surface area contributed by atoms with Crippen LogP contribution >= 0.6 is 12.2 Å². The van der Waals surface area contributed by atoms with Crippen molar-refractivity contribution in [3.05, 3.63) is 46.2 Å². The molecule has 0 aliphatic rings. The molecule has 0 unspecified atom stereocenters. The van der Waals surface area contributed by atoms with E-state index in [0.29, 0.717) is 0 Å². The van der Waals surface area contributed by atoms with Gasteiger partial charge in [0, 0.05) is 18.1 Å². The molecule has 1 N–H and O–H groups in total. The fraction of sp³-hybridized carbons (Fsp3) is 0.333. The molecule has 0 radical (unpaired) electrons. The summed E-state index contributed by atoms with van der Waals surface area (Å²) >= 11 is 5.23. The number of hydrogen-bond donors (Lipinski definition) is 1.